The minimum absolute atomic E-state index is 0.134. The van der Waals surface area contributed by atoms with Crippen molar-refractivity contribution in [1.29, 1.82) is 0 Å². The molecule has 1 aliphatic heterocycles. The summed E-state index contributed by atoms with van der Waals surface area (Å²) in [6, 6.07) is 11.4. The van der Waals surface area contributed by atoms with E-state index in [1.165, 1.54) is 32.7 Å². The van der Waals surface area contributed by atoms with Crippen molar-refractivity contribution >= 4 is 23.4 Å². The van der Waals surface area contributed by atoms with Gasteiger partial charge in [-0.1, -0.05) is 6.07 Å². The SMILES string of the molecule is COc1cc(OC)c(F)c(COc2cnc(Nc3ccc(N4C[C@@H](C)N(C(=O)OC(C)(C)C)[C@@H](C)C4)c(OCCn4ccccc4=O)c3)nc2)c1F. The van der Waals surface area contributed by atoms with Crippen LogP contribution in [0.15, 0.2) is 65.8 Å². The predicted octanol–water partition coefficient (Wildman–Crippen LogP) is 6.17. The molecule has 5 rings (SSSR count). The lowest BCUT2D eigenvalue weighted by atomic mass is 10.1. The molecule has 0 saturated carbocycles. The van der Waals surface area contributed by atoms with Gasteiger partial charge in [-0.05, 0) is 52.8 Å². The highest BCUT2D eigenvalue weighted by Gasteiger charge is 2.36. The summed E-state index contributed by atoms with van der Waals surface area (Å²) in [5.74, 6) is -1.19. The number of nitrogens with one attached hydrogen (secondary N) is 1. The van der Waals surface area contributed by atoms with E-state index in [1.807, 2.05) is 52.8 Å². The summed E-state index contributed by atoms with van der Waals surface area (Å²) in [5, 5.41) is 3.15. The zero-order valence-electron chi connectivity index (χ0n) is 30.3. The molecule has 2 aromatic heterocycles. The van der Waals surface area contributed by atoms with Crippen LogP contribution in [-0.4, -0.2) is 77.1 Å². The first-order valence-corrected chi connectivity index (χ1v) is 16.8. The number of rotatable bonds is 12. The second-order valence-corrected chi connectivity index (χ2v) is 13.3. The number of benzene rings is 2. The Kier molecular flexibility index (Phi) is 11.7. The third-order valence-corrected chi connectivity index (χ3v) is 8.24. The van der Waals surface area contributed by atoms with E-state index in [2.05, 4.69) is 20.2 Å². The molecule has 13 nitrogen and oxygen atoms in total. The number of methoxy groups -OCH3 is 2. The predicted molar refractivity (Wildman–Crippen MR) is 191 cm³/mol. The topological polar surface area (TPSA) is 130 Å². The molecule has 278 valence electrons. The molecule has 0 spiro atoms. The van der Waals surface area contributed by atoms with Crippen molar-refractivity contribution in [3.63, 3.8) is 0 Å². The van der Waals surface area contributed by atoms with Crippen LogP contribution in [0.25, 0.3) is 0 Å². The van der Waals surface area contributed by atoms with Crippen LogP contribution in [-0.2, 0) is 17.9 Å². The molecule has 52 heavy (non-hydrogen) atoms. The van der Waals surface area contributed by atoms with Crippen LogP contribution in [0.2, 0.25) is 0 Å². The van der Waals surface area contributed by atoms with Gasteiger partial charge in [0.05, 0.1) is 56.5 Å². The van der Waals surface area contributed by atoms with Crippen LogP contribution < -0.4 is 34.7 Å². The molecule has 1 amide bonds. The Balaban J connectivity index is 1.32. The molecule has 2 atom stereocenters. The summed E-state index contributed by atoms with van der Waals surface area (Å²) in [6.45, 7) is 10.7. The maximum Gasteiger partial charge on any atom is 0.410 e. The van der Waals surface area contributed by atoms with E-state index in [1.54, 1.807) is 27.8 Å². The Morgan fingerprint density at radius 1 is 0.923 bits per heavy atom. The Bertz CT molecular complexity index is 1880. The van der Waals surface area contributed by atoms with Crippen LogP contribution in [0, 0.1) is 11.6 Å². The normalized spacial score (nSPS) is 15.9. The third-order valence-electron chi connectivity index (χ3n) is 8.24. The van der Waals surface area contributed by atoms with Gasteiger partial charge in [-0.15, -0.1) is 0 Å². The fraction of sp³-hybridized carbons (Fsp3) is 0.405. The van der Waals surface area contributed by atoms with E-state index in [0.717, 1.165) is 11.8 Å². The average Bonchev–Trinajstić information content (AvgIpc) is 3.09. The van der Waals surface area contributed by atoms with Crippen molar-refractivity contribution in [1.82, 2.24) is 19.4 Å². The minimum atomic E-state index is -0.897. The molecular formula is C37H44F2N6O7. The molecule has 0 radical (unpaired) electrons. The van der Waals surface area contributed by atoms with E-state index in [0.29, 0.717) is 31.1 Å². The van der Waals surface area contributed by atoms with Crippen molar-refractivity contribution in [2.75, 3.05) is 44.1 Å². The third kappa shape index (κ3) is 9.00. The van der Waals surface area contributed by atoms with Gasteiger partial charge in [-0.25, -0.2) is 23.5 Å². The number of pyridine rings is 1. The molecule has 4 aromatic rings. The molecule has 1 fully saturated rings. The van der Waals surface area contributed by atoms with Gasteiger partial charge < -0.3 is 38.5 Å². The van der Waals surface area contributed by atoms with Gasteiger partial charge in [0, 0.05) is 43.2 Å². The highest BCUT2D eigenvalue weighted by atomic mass is 19.1. The van der Waals surface area contributed by atoms with Gasteiger partial charge in [0.25, 0.3) is 5.56 Å². The quantitative estimate of drug-likeness (QED) is 0.180. The molecule has 15 heteroatoms. The molecule has 0 bridgehead atoms. The summed E-state index contributed by atoms with van der Waals surface area (Å²) < 4.78 is 58.6. The number of anilines is 3. The number of ether oxygens (including phenoxy) is 5. The summed E-state index contributed by atoms with van der Waals surface area (Å²) in [6.07, 6.45) is 4.10. The van der Waals surface area contributed by atoms with Crippen LogP contribution >= 0.6 is 0 Å². The number of hydrogen-bond donors (Lipinski definition) is 1. The zero-order valence-corrected chi connectivity index (χ0v) is 30.3. The molecular weight excluding hydrogens is 678 g/mol. The smallest absolute Gasteiger partial charge is 0.410 e. The lowest BCUT2D eigenvalue weighted by Crippen LogP contribution is -2.59. The fourth-order valence-electron chi connectivity index (χ4n) is 5.87. The Morgan fingerprint density at radius 2 is 1.58 bits per heavy atom. The van der Waals surface area contributed by atoms with E-state index >= 15 is 0 Å². The van der Waals surface area contributed by atoms with Crippen LogP contribution in [0.3, 0.4) is 0 Å². The van der Waals surface area contributed by atoms with Gasteiger partial charge in [0.1, 0.15) is 24.6 Å². The summed E-state index contributed by atoms with van der Waals surface area (Å²) in [5.41, 5.74) is 0.320. The van der Waals surface area contributed by atoms with Crippen molar-refractivity contribution < 1.29 is 37.3 Å². The zero-order chi connectivity index (χ0) is 37.6. The van der Waals surface area contributed by atoms with E-state index in [-0.39, 0.29) is 59.1 Å². The van der Waals surface area contributed by atoms with Gasteiger partial charge in [0.15, 0.2) is 28.9 Å². The number of nitrogens with zero attached hydrogens (tertiary/aromatic N) is 5. The van der Waals surface area contributed by atoms with Crippen molar-refractivity contribution in [2.24, 2.45) is 0 Å². The van der Waals surface area contributed by atoms with E-state index < -0.39 is 23.8 Å². The lowest BCUT2D eigenvalue weighted by Gasteiger charge is -2.45. The summed E-state index contributed by atoms with van der Waals surface area (Å²) in [4.78, 5) is 37.8. The molecule has 1 aliphatic rings. The standard InChI is InChI=1S/C37H44F2N6O7/c1-23-20-44(21-24(2)45(23)36(47)52-37(3,4)5)28-12-11-25(16-29(28)50-15-14-43-13-9-8-10-32(43)46)42-35-40-18-26(19-41-35)51-22-27-33(38)30(48-6)17-31(49-7)34(27)39/h8-13,16-19,23-24H,14-15,20-22H2,1-7H3,(H,40,41,42)/t23-,24+. The summed E-state index contributed by atoms with van der Waals surface area (Å²) >= 11 is 0. The van der Waals surface area contributed by atoms with Gasteiger partial charge >= 0.3 is 6.09 Å². The number of amides is 1. The van der Waals surface area contributed by atoms with Crippen LogP contribution in [0.1, 0.15) is 40.2 Å². The monoisotopic (exact) mass is 722 g/mol. The molecule has 2 aromatic carbocycles. The molecule has 1 N–H and O–H groups in total. The largest absolute Gasteiger partial charge is 0.494 e. The van der Waals surface area contributed by atoms with Crippen LogP contribution in [0.5, 0.6) is 23.0 Å². The number of aromatic nitrogens is 3. The highest BCUT2D eigenvalue weighted by Crippen LogP contribution is 2.36. The second kappa shape index (κ2) is 16.2. The number of carbonyl (C=O) groups excluding carboxylic acids is 1. The fourth-order valence-corrected chi connectivity index (χ4v) is 5.87. The first-order valence-electron chi connectivity index (χ1n) is 16.8. The van der Waals surface area contributed by atoms with Crippen LogP contribution in [0.4, 0.5) is 30.9 Å². The minimum Gasteiger partial charge on any atom is -0.494 e. The highest BCUT2D eigenvalue weighted by molar-refractivity contribution is 5.71. The molecule has 1 saturated heterocycles. The molecule has 0 aliphatic carbocycles. The maximum atomic E-state index is 14.8. The van der Waals surface area contributed by atoms with Gasteiger partial charge in [-0.3, -0.25) is 9.69 Å². The first kappa shape index (κ1) is 37.7. The number of hydrogen-bond acceptors (Lipinski definition) is 11. The van der Waals surface area contributed by atoms with E-state index in [9.17, 15) is 18.4 Å². The maximum absolute atomic E-state index is 14.8. The summed E-state index contributed by atoms with van der Waals surface area (Å²) in [7, 11) is 2.54. The second-order valence-electron chi connectivity index (χ2n) is 13.3. The Hall–Kier alpha value is -5.60. The Morgan fingerprint density at radius 3 is 2.17 bits per heavy atom. The lowest BCUT2D eigenvalue weighted by molar-refractivity contribution is 0.00563. The number of piperazine rings is 1. The first-order chi connectivity index (χ1) is 24.8. The van der Waals surface area contributed by atoms with Crippen molar-refractivity contribution in [2.45, 2.75) is 65.5 Å². The van der Waals surface area contributed by atoms with E-state index in [4.69, 9.17) is 23.7 Å². The number of halogens is 2. The Labute approximate surface area is 301 Å². The van der Waals surface area contributed by atoms with Crippen molar-refractivity contribution in [3.05, 3.63) is 88.6 Å². The van der Waals surface area contributed by atoms with Gasteiger partial charge in [0.2, 0.25) is 5.95 Å². The number of carbonyl (C=O) groups is 1. The van der Waals surface area contributed by atoms with Gasteiger partial charge in [-0.2, -0.15) is 0 Å². The van der Waals surface area contributed by atoms with Crippen molar-refractivity contribution in [3.8, 4) is 23.0 Å². The average molecular weight is 723 g/mol. The molecule has 3 heterocycles. The molecule has 0 unspecified atom stereocenters.